The predicted octanol–water partition coefficient (Wildman–Crippen LogP) is 5.92. The van der Waals surface area contributed by atoms with E-state index in [4.69, 9.17) is 4.98 Å². The van der Waals surface area contributed by atoms with Crippen molar-refractivity contribution in [2.24, 2.45) is 13.0 Å². The van der Waals surface area contributed by atoms with E-state index in [2.05, 4.69) is 25.4 Å². The average molecular weight is 819 g/mol. The fourth-order valence-electron chi connectivity index (χ4n) is 8.71. The molecule has 2 aromatic carbocycles. The summed E-state index contributed by atoms with van der Waals surface area (Å²) in [6, 6.07) is 11.7. The molecule has 3 aliphatic rings. The van der Waals surface area contributed by atoms with Crippen molar-refractivity contribution in [3.63, 3.8) is 0 Å². The Morgan fingerprint density at radius 2 is 1.69 bits per heavy atom. The molecule has 58 heavy (non-hydrogen) atoms. The first-order valence-corrected chi connectivity index (χ1v) is 20.4. The summed E-state index contributed by atoms with van der Waals surface area (Å²) in [5, 5.41) is 17.0. The number of carbonyl (C=O) groups excluding carboxylic acids is 3. The third-order valence-corrected chi connectivity index (χ3v) is 12.9. The van der Waals surface area contributed by atoms with Crippen molar-refractivity contribution in [1.29, 1.82) is 0 Å². The van der Waals surface area contributed by atoms with Crippen LogP contribution < -0.4 is 21.2 Å². The number of imide groups is 1. The summed E-state index contributed by atoms with van der Waals surface area (Å²) < 4.78 is 43.7. The molecular formula is C41H45F3N8O5S. The third kappa shape index (κ3) is 7.74. The Kier molecular flexibility index (Phi) is 10.4. The number of anilines is 2. The molecule has 3 amide bonds. The summed E-state index contributed by atoms with van der Waals surface area (Å²) in [6.45, 7) is 7.49. The van der Waals surface area contributed by atoms with Gasteiger partial charge < -0.3 is 15.3 Å². The zero-order valence-corrected chi connectivity index (χ0v) is 33.3. The lowest BCUT2D eigenvalue weighted by atomic mass is 9.82. The monoisotopic (exact) mass is 818 g/mol. The molecule has 0 bridgehead atoms. The van der Waals surface area contributed by atoms with Gasteiger partial charge in [-0.2, -0.15) is 13.2 Å². The van der Waals surface area contributed by atoms with Gasteiger partial charge in [-0.05, 0) is 88.3 Å². The van der Waals surface area contributed by atoms with Gasteiger partial charge in [0.1, 0.15) is 17.4 Å². The number of alkyl halides is 3. The van der Waals surface area contributed by atoms with Crippen LogP contribution in [0.4, 0.5) is 24.5 Å². The lowest BCUT2D eigenvalue weighted by molar-refractivity contribution is -0.141. The molecule has 1 atom stereocenters. The minimum atomic E-state index is -4.69. The third-order valence-electron chi connectivity index (χ3n) is 11.8. The number of piperazine rings is 1. The summed E-state index contributed by atoms with van der Waals surface area (Å²) in [4.78, 5) is 64.3. The summed E-state index contributed by atoms with van der Waals surface area (Å²) in [5.41, 5.74) is 0.593. The molecule has 2 saturated heterocycles. The molecule has 3 fully saturated rings. The highest BCUT2D eigenvalue weighted by Gasteiger charge is 2.35. The number of nitrogens with zero attached hydrogens (tertiary/aromatic N) is 6. The van der Waals surface area contributed by atoms with Crippen molar-refractivity contribution >= 4 is 61.7 Å². The smallest absolute Gasteiger partial charge is 0.386 e. The van der Waals surface area contributed by atoms with Gasteiger partial charge in [-0.15, -0.1) is 11.3 Å². The summed E-state index contributed by atoms with van der Waals surface area (Å²) in [6.07, 6.45) is -0.152. The molecule has 0 spiro atoms. The molecule has 2 aliphatic heterocycles. The van der Waals surface area contributed by atoms with Gasteiger partial charge in [0, 0.05) is 63.4 Å². The summed E-state index contributed by atoms with van der Waals surface area (Å²) in [5.74, 6) is -0.776. The highest BCUT2D eigenvalue weighted by atomic mass is 32.1. The Balaban J connectivity index is 0.897. The number of aryl methyl sites for hydroxylation is 1. The number of para-hydroxylation sites is 1. The van der Waals surface area contributed by atoms with Crippen LogP contribution in [0, 0.1) is 5.92 Å². The normalized spacial score (nSPS) is 21.2. The first kappa shape index (κ1) is 39.7. The first-order valence-electron chi connectivity index (χ1n) is 19.6. The average Bonchev–Trinajstić information content (AvgIpc) is 3.72. The van der Waals surface area contributed by atoms with Crippen LogP contribution in [0.1, 0.15) is 91.1 Å². The molecule has 17 heteroatoms. The van der Waals surface area contributed by atoms with Crippen LogP contribution in [-0.4, -0.2) is 79.6 Å². The van der Waals surface area contributed by atoms with Crippen LogP contribution in [0.15, 0.2) is 53.3 Å². The van der Waals surface area contributed by atoms with E-state index in [-0.39, 0.29) is 41.7 Å². The molecule has 306 valence electrons. The SMILES string of the molecule is Cn1c(=O)n(C2CCC(=O)NC2=O)c2cccc(N3CCN(C[C@H]4CC[C@H](c5nc6cc(C(C)(C)O)c(NC(=O)c7cccc(C(F)(F)F)n7)cc6s5)CC4)CC3)c21. The standard InChI is InChI=1S/C41H45F3N8O5S/c1-40(2,57)25-20-28-32(21-27(25)46-36(54)26-6-4-9-33(45-26)41(42,43)44)58-38(47-28)24-12-10-23(11-13-24)22-50-16-18-51(19-17-50)29-7-5-8-30-35(29)49(3)39(56)52(30)31-14-15-34(53)48-37(31)55/h4-9,20-21,23-24,31,57H,10-19,22H2,1-3H3,(H,46,54)(H,48,53,55)/t23-,24-,31?. The van der Waals surface area contributed by atoms with Gasteiger partial charge in [-0.25, -0.2) is 14.8 Å². The van der Waals surface area contributed by atoms with Gasteiger partial charge in [0.2, 0.25) is 11.8 Å². The maximum atomic E-state index is 13.4. The maximum absolute atomic E-state index is 13.4. The Hall–Kier alpha value is -5.13. The highest BCUT2D eigenvalue weighted by Crippen LogP contribution is 2.42. The lowest BCUT2D eigenvalue weighted by Gasteiger charge is -2.39. The minimum absolute atomic E-state index is 0.191. The van der Waals surface area contributed by atoms with Crippen LogP contribution in [0.25, 0.3) is 21.3 Å². The second kappa shape index (κ2) is 15.2. The number of aromatic nitrogens is 4. The van der Waals surface area contributed by atoms with E-state index >= 15 is 0 Å². The van der Waals surface area contributed by atoms with Gasteiger partial charge in [0.05, 0.1) is 37.5 Å². The number of carbonyl (C=O) groups is 3. The molecule has 13 nitrogen and oxygen atoms in total. The zero-order chi connectivity index (χ0) is 41.1. The molecule has 3 aromatic heterocycles. The molecule has 5 heterocycles. The second-order valence-corrected chi connectivity index (χ2v) is 17.2. The predicted molar refractivity (Wildman–Crippen MR) is 214 cm³/mol. The van der Waals surface area contributed by atoms with Crippen molar-refractivity contribution in [3.8, 4) is 0 Å². The lowest BCUT2D eigenvalue weighted by Crippen LogP contribution is -2.48. The van der Waals surface area contributed by atoms with Crippen LogP contribution in [-0.2, 0) is 28.4 Å². The number of aliphatic hydroxyl groups is 1. The molecule has 1 aliphatic carbocycles. The van der Waals surface area contributed by atoms with Gasteiger partial charge in [-0.1, -0.05) is 12.1 Å². The number of amides is 3. The molecule has 1 saturated carbocycles. The topological polar surface area (TPSA) is 155 Å². The number of pyridine rings is 1. The zero-order valence-electron chi connectivity index (χ0n) is 32.4. The first-order chi connectivity index (χ1) is 27.5. The van der Waals surface area contributed by atoms with Gasteiger partial charge >= 0.3 is 11.9 Å². The van der Waals surface area contributed by atoms with Crippen molar-refractivity contribution < 1.29 is 32.7 Å². The molecule has 0 radical (unpaired) electrons. The number of imidazole rings is 1. The van der Waals surface area contributed by atoms with Crippen molar-refractivity contribution in [3.05, 3.63) is 81.0 Å². The van der Waals surface area contributed by atoms with E-state index in [0.29, 0.717) is 22.5 Å². The molecular weight excluding hydrogens is 774 g/mol. The molecule has 8 rings (SSSR count). The number of nitrogens with one attached hydrogen (secondary N) is 2. The summed E-state index contributed by atoms with van der Waals surface area (Å²) >= 11 is 1.53. The Labute approximate surface area is 335 Å². The Bertz CT molecular complexity index is 2470. The van der Waals surface area contributed by atoms with Crippen molar-refractivity contribution in [1.82, 2.24) is 29.3 Å². The number of hydrogen-bond acceptors (Lipinski definition) is 10. The van der Waals surface area contributed by atoms with Gasteiger partial charge in [0.25, 0.3) is 5.91 Å². The van der Waals surface area contributed by atoms with Crippen LogP contribution in [0.2, 0.25) is 0 Å². The number of halogens is 3. The molecule has 1 unspecified atom stereocenters. The number of hydrogen-bond donors (Lipinski definition) is 3. The Morgan fingerprint density at radius 3 is 2.38 bits per heavy atom. The molecule has 3 N–H and O–H groups in total. The van der Waals surface area contributed by atoms with Gasteiger partial charge in [-0.3, -0.25) is 33.7 Å². The van der Waals surface area contributed by atoms with Crippen molar-refractivity contribution in [2.75, 3.05) is 42.9 Å². The van der Waals surface area contributed by atoms with Crippen LogP contribution in [0.5, 0.6) is 0 Å². The van der Waals surface area contributed by atoms with E-state index in [1.807, 2.05) is 18.2 Å². The van der Waals surface area contributed by atoms with E-state index < -0.39 is 35.3 Å². The number of rotatable bonds is 8. The van der Waals surface area contributed by atoms with E-state index in [9.17, 15) is 37.5 Å². The van der Waals surface area contributed by atoms with Crippen LogP contribution in [0.3, 0.4) is 0 Å². The second-order valence-electron chi connectivity index (χ2n) is 16.2. The number of benzene rings is 2. The van der Waals surface area contributed by atoms with E-state index in [1.54, 1.807) is 37.6 Å². The van der Waals surface area contributed by atoms with Crippen molar-refractivity contribution in [2.45, 2.75) is 76.1 Å². The van der Waals surface area contributed by atoms with E-state index in [0.717, 1.165) is 91.5 Å². The number of thiazole rings is 1. The van der Waals surface area contributed by atoms with Gasteiger partial charge in [0.15, 0.2) is 0 Å². The van der Waals surface area contributed by atoms with E-state index in [1.165, 1.54) is 22.0 Å². The highest BCUT2D eigenvalue weighted by molar-refractivity contribution is 7.18. The largest absolute Gasteiger partial charge is 0.433 e. The van der Waals surface area contributed by atoms with Crippen LogP contribution >= 0.6 is 11.3 Å². The minimum Gasteiger partial charge on any atom is -0.386 e. The quantitative estimate of drug-likeness (QED) is 0.162. The Morgan fingerprint density at radius 1 is 0.966 bits per heavy atom. The maximum Gasteiger partial charge on any atom is 0.433 e. The number of fused-ring (bicyclic) bond motifs is 2. The fraction of sp³-hybridized carbons (Fsp3) is 0.463. The molecule has 5 aromatic rings. The summed E-state index contributed by atoms with van der Waals surface area (Å²) in [7, 11) is 1.73. The number of piperidine rings is 1. The fourth-order valence-corrected chi connectivity index (χ4v) is 9.87.